The number of aliphatic hydroxyl groups is 1. The third-order valence-electron chi connectivity index (χ3n) is 4.68. The smallest absolute Gasteiger partial charge is 0.290 e. The van der Waals surface area contributed by atoms with Crippen molar-refractivity contribution in [1.82, 2.24) is 15.2 Å². The van der Waals surface area contributed by atoms with Crippen LogP contribution >= 0.6 is 11.3 Å². The molecule has 0 aliphatic carbocycles. The molecule has 0 saturated carbocycles. The van der Waals surface area contributed by atoms with Gasteiger partial charge in [-0.25, -0.2) is 4.98 Å². The van der Waals surface area contributed by atoms with Gasteiger partial charge in [-0.3, -0.25) is 9.59 Å². The van der Waals surface area contributed by atoms with E-state index in [0.29, 0.717) is 10.6 Å². The minimum Gasteiger partial charge on any atom is -0.459 e. The summed E-state index contributed by atoms with van der Waals surface area (Å²) >= 11 is 1.34. The molecule has 0 radical (unpaired) electrons. The van der Waals surface area contributed by atoms with Crippen molar-refractivity contribution in [2.75, 3.05) is 19.7 Å². The molecule has 2 N–H and O–H groups in total. The van der Waals surface area contributed by atoms with Crippen LogP contribution in [0.25, 0.3) is 0 Å². The predicted octanol–water partition coefficient (Wildman–Crippen LogP) is 2.09. The molecule has 3 heterocycles. The van der Waals surface area contributed by atoms with E-state index in [0.717, 1.165) is 16.1 Å². The van der Waals surface area contributed by atoms with Gasteiger partial charge in [-0.1, -0.05) is 13.8 Å². The van der Waals surface area contributed by atoms with Gasteiger partial charge in [0.05, 0.1) is 29.6 Å². The summed E-state index contributed by atoms with van der Waals surface area (Å²) in [6, 6.07) is 0. The normalized spacial score (nSPS) is 15.8. The number of rotatable bonds is 5. The van der Waals surface area contributed by atoms with Crippen molar-refractivity contribution in [2.24, 2.45) is 0 Å². The van der Waals surface area contributed by atoms with Gasteiger partial charge in [0.1, 0.15) is 4.88 Å². The molecule has 7 nitrogen and oxygen atoms in total. The largest absolute Gasteiger partial charge is 0.459 e. The second-order valence-corrected chi connectivity index (χ2v) is 8.21. The van der Waals surface area contributed by atoms with Crippen molar-refractivity contribution in [2.45, 2.75) is 39.2 Å². The van der Waals surface area contributed by atoms with Crippen molar-refractivity contribution in [1.29, 1.82) is 0 Å². The van der Waals surface area contributed by atoms with E-state index >= 15 is 0 Å². The summed E-state index contributed by atoms with van der Waals surface area (Å²) in [5, 5.41) is 13.5. The first-order valence-electron chi connectivity index (χ1n) is 8.49. The van der Waals surface area contributed by atoms with E-state index in [-0.39, 0.29) is 37.4 Å². The molecule has 2 aromatic rings. The highest BCUT2D eigenvalue weighted by Gasteiger charge is 2.47. The number of carbonyl (C=O) groups excluding carboxylic acids is 2. The lowest BCUT2D eigenvalue weighted by Crippen LogP contribution is -2.73. The van der Waals surface area contributed by atoms with E-state index < -0.39 is 5.54 Å². The van der Waals surface area contributed by atoms with Crippen LogP contribution < -0.4 is 5.32 Å². The number of hydrogen-bond acceptors (Lipinski definition) is 6. The number of likely N-dealkylation sites (tertiary alicyclic amines) is 1. The first-order chi connectivity index (χ1) is 12.3. The van der Waals surface area contributed by atoms with E-state index in [1.54, 1.807) is 17.4 Å². The Hall–Kier alpha value is -2.19. The highest BCUT2D eigenvalue weighted by Crippen LogP contribution is 2.27. The van der Waals surface area contributed by atoms with Crippen molar-refractivity contribution >= 4 is 23.2 Å². The van der Waals surface area contributed by atoms with Gasteiger partial charge in [0.15, 0.2) is 5.76 Å². The highest BCUT2D eigenvalue weighted by atomic mass is 32.1. The van der Waals surface area contributed by atoms with Crippen LogP contribution in [-0.4, -0.2) is 52.0 Å². The minimum atomic E-state index is -0.829. The van der Waals surface area contributed by atoms with Gasteiger partial charge in [0.25, 0.3) is 11.8 Å². The Kier molecular flexibility index (Phi) is 4.90. The van der Waals surface area contributed by atoms with E-state index in [1.165, 1.54) is 11.3 Å². The zero-order valence-electron chi connectivity index (χ0n) is 15.3. The van der Waals surface area contributed by atoms with Crippen LogP contribution in [0.15, 0.2) is 16.9 Å². The Morgan fingerprint density at radius 1 is 1.42 bits per heavy atom. The topological polar surface area (TPSA) is 95.7 Å². The average molecular weight is 377 g/mol. The number of thiazole rings is 1. The van der Waals surface area contributed by atoms with Crippen LogP contribution in [0.5, 0.6) is 0 Å². The zero-order chi connectivity index (χ0) is 19.1. The number of aromatic nitrogens is 1. The van der Waals surface area contributed by atoms with Crippen molar-refractivity contribution in [3.63, 3.8) is 0 Å². The van der Waals surface area contributed by atoms with Crippen LogP contribution in [0, 0.1) is 13.8 Å². The summed E-state index contributed by atoms with van der Waals surface area (Å²) in [7, 11) is 0. The summed E-state index contributed by atoms with van der Waals surface area (Å²) in [5.41, 5.74) is 0.901. The summed E-state index contributed by atoms with van der Waals surface area (Å²) in [5.74, 6) is 0.0592. The van der Waals surface area contributed by atoms with Gasteiger partial charge < -0.3 is 19.7 Å². The molecule has 8 heteroatoms. The lowest BCUT2D eigenvalue weighted by molar-refractivity contribution is 0.00336. The molecule has 1 saturated heterocycles. The fraction of sp³-hybridized carbons (Fsp3) is 0.500. The van der Waals surface area contributed by atoms with Crippen LogP contribution in [0.2, 0.25) is 0 Å². The molecule has 0 aromatic carbocycles. The minimum absolute atomic E-state index is 0.228. The third kappa shape index (κ3) is 3.26. The molecular formula is C18H23N3O4S. The Morgan fingerprint density at radius 2 is 2.12 bits per heavy atom. The Morgan fingerprint density at radius 3 is 2.62 bits per heavy atom. The number of aryl methyl sites for hydroxylation is 1. The first kappa shape index (κ1) is 18.6. The molecule has 1 fully saturated rings. The molecule has 0 spiro atoms. The van der Waals surface area contributed by atoms with E-state index in [2.05, 4.69) is 10.3 Å². The lowest BCUT2D eigenvalue weighted by Gasteiger charge is -2.49. The monoisotopic (exact) mass is 377 g/mol. The quantitative estimate of drug-likeness (QED) is 0.832. The molecular weight excluding hydrogens is 354 g/mol. The Bertz CT molecular complexity index is 833. The summed E-state index contributed by atoms with van der Waals surface area (Å²) < 4.78 is 5.34. The molecule has 0 atom stereocenters. The average Bonchev–Trinajstić information content (AvgIpc) is 3.18. The second-order valence-electron chi connectivity index (χ2n) is 7.14. The standard InChI is InChI=1S/C18H23N3O4S/c1-10(2)16-19-5-13(26-16)15(23)20-18(9-22)7-21(8-18)17(24)14-12(4)11(3)6-25-14/h5-6,10,22H,7-9H2,1-4H3,(H,20,23). The van der Waals surface area contributed by atoms with Crippen LogP contribution in [-0.2, 0) is 0 Å². The molecule has 1 aliphatic heterocycles. The van der Waals surface area contributed by atoms with E-state index in [4.69, 9.17) is 4.42 Å². The third-order valence-corrected chi connectivity index (χ3v) is 5.97. The number of carbonyl (C=O) groups is 2. The Balaban J connectivity index is 1.65. The van der Waals surface area contributed by atoms with Gasteiger partial charge in [-0.15, -0.1) is 11.3 Å². The number of nitrogens with zero attached hydrogens (tertiary/aromatic N) is 2. The fourth-order valence-electron chi connectivity index (χ4n) is 2.87. The van der Waals surface area contributed by atoms with Crippen LogP contribution in [0.4, 0.5) is 0 Å². The Labute approximate surface area is 156 Å². The summed E-state index contributed by atoms with van der Waals surface area (Å²) in [6.45, 7) is 7.99. The van der Waals surface area contributed by atoms with E-state index in [1.807, 2.05) is 27.7 Å². The zero-order valence-corrected chi connectivity index (χ0v) is 16.1. The lowest BCUT2D eigenvalue weighted by atomic mass is 9.90. The molecule has 2 amide bonds. The van der Waals surface area contributed by atoms with Crippen LogP contribution in [0.3, 0.4) is 0 Å². The van der Waals surface area contributed by atoms with Crippen molar-refractivity contribution in [3.8, 4) is 0 Å². The second kappa shape index (κ2) is 6.85. The molecule has 0 bridgehead atoms. The van der Waals surface area contributed by atoms with Gasteiger partial charge in [0.2, 0.25) is 0 Å². The maximum Gasteiger partial charge on any atom is 0.290 e. The number of aliphatic hydroxyl groups excluding tert-OH is 1. The molecule has 1 aliphatic rings. The SMILES string of the molecule is Cc1coc(C(=O)N2CC(CO)(NC(=O)c3cnc(C(C)C)s3)C2)c1C. The number of nitrogens with one attached hydrogen (secondary N) is 1. The van der Waals surface area contributed by atoms with Crippen molar-refractivity contribution in [3.05, 3.63) is 39.2 Å². The number of hydrogen-bond donors (Lipinski definition) is 2. The number of furan rings is 1. The fourth-order valence-corrected chi connectivity index (χ4v) is 3.68. The molecule has 3 rings (SSSR count). The van der Waals surface area contributed by atoms with Gasteiger partial charge >= 0.3 is 0 Å². The maximum absolute atomic E-state index is 12.5. The molecule has 2 aromatic heterocycles. The molecule has 26 heavy (non-hydrogen) atoms. The molecule has 140 valence electrons. The number of amides is 2. The van der Waals surface area contributed by atoms with E-state index in [9.17, 15) is 14.7 Å². The summed E-state index contributed by atoms with van der Waals surface area (Å²) in [4.78, 5) is 31.3. The first-order valence-corrected chi connectivity index (χ1v) is 9.31. The highest BCUT2D eigenvalue weighted by molar-refractivity contribution is 7.13. The molecule has 0 unspecified atom stereocenters. The van der Waals surface area contributed by atoms with Crippen molar-refractivity contribution < 1.29 is 19.1 Å². The summed E-state index contributed by atoms with van der Waals surface area (Å²) in [6.07, 6.45) is 3.11. The van der Waals surface area contributed by atoms with Gasteiger partial charge in [-0.05, 0) is 19.4 Å². The van der Waals surface area contributed by atoms with Crippen LogP contribution in [0.1, 0.15) is 56.1 Å². The van der Waals surface area contributed by atoms with Gasteiger partial charge in [-0.2, -0.15) is 0 Å². The van der Waals surface area contributed by atoms with Gasteiger partial charge in [0, 0.05) is 24.6 Å². The maximum atomic E-state index is 12.5. The predicted molar refractivity (Wildman–Crippen MR) is 97.6 cm³/mol.